The fourth-order valence-corrected chi connectivity index (χ4v) is 6.07. The topological polar surface area (TPSA) is 113 Å². The zero-order valence-corrected chi connectivity index (χ0v) is 23.8. The van der Waals surface area contributed by atoms with E-state index in [2.05, 4.69) is 48.9 Å². The quantitative estimate of drug-likeness (QED) is 0.112. The van der Waals surface area contributed by atoms with Gasteiger partial charge in [0.25, 0.3) is 0 Å². The molecular formula is C33H32F4N6. The van der Waals surface area contributed by atoms with Gasteiger partial charge in [0.05, 0.1) is 34.4 Å². The molecule has 43 heavy (non-hydrogen) atoms. The van der Waals surface area contributed by atoms with Crippen molar-refractivity contribution in [2.24, 2.45) is 33.3 Å². The lowest BCUT2D eigenvalue weighted by Gasteiger charge is -2.26. The van der Waals surface area contributed by atoms with Crippen molar-refractivity contribution in [3.05, 3.63) is 112 Å². The van der Waals surface area contributed by atoms with Gasteiger partial charge in [-0.3, -0.25) is 10.3 Å². The molecule has 4 aliphatic rings. The van der Waals surface area contributed by atoms with Crippen LogP contribution in [0.1, 0.15) is 55.7 Å². The van der Waals surface area contributed by atoms with Crippen molar-refractivity contribution >= 4 is 17.1 Å². The number of aliphatic imine (C=N–C) groups is 2. The van der Waals surface area contributed by atoms with E-state index in [1.165, 1.54) is 17.2 Å². The van der Waals surface area contributed by atoms with Gasteiger partial charge in [0.15, 0.2) is 12.4 Å². The van der Waals surface area contributed by atoms with Crippen LogP contribution in [0.4, 0.5) is 17.6 Å². The van der Waals surface area contributed by atoms with Gasteiger partial charge < -0.3 is 11.5 Å². The highest BCUT2D eigenvalue weighted by Crippen LogP contribution is 2.40. The van der Waals surface area contributed by atoms with Crippen molar-refractivity contribution in [1.29, 1.82) is 5.26 Å². The van der Waals surface area contributed by atoms with Gasteiger partial charge in [0, 0.05) is 11.1 Å². The molecule has 222 valence electrons. The number of alkyl halides is 3. The number of rotatable bonds is 6. The Bertz CT molecular complexity index is 1660. The lowest BCUT2D eigenvalue weighted by Crippen LogP contribution is -2.23. The standard InChI is InChI=1S/C33H32F4N6/c1-17-8-18(2)10-22(9-17)20-5-7-26-27(13-20)30(41-16-38)29(40)31(26)43-32-28(39)15-25(42-32)6-4-19(3)21-11-23(33(35,36)37)14-24(34)12-21/h4-8,12-15,17,22-23,32H,3,9-11,39H2,1-2H3,(H3,40,41,43)/b6-4-. The Hall–Kier alpha value is -4.65. The summed E-state index contributed by atoms with van der Waals surface area (Å²) in [4.78, 5) is 9.27. The molecule has 1 heterocycles. The number of hydrogen-bond donors (Lipinski definition) is 3. The van der Waals surface area contributed by atoms with Crippen LogP contribution in [0.2, 0.25) is 0 Å². The molecule has 4 atom stereocenters. The fraction of sp³-hybridized carbons (Fsp3) is 0.303. The first-order valence-corrected chi connectivity index (χ1v) is 14.0. The molecule has 0 bridgehead atoms. The first-order valence-electron chi connectivity index (χ1n) is 14.0. The van der Waals surface area contributed by atoms with Crippen LogP contribution in [-0.2, 0) is 0 Å². The highest BCUT2D eigenvalue weighted by molar-refractivity contribution is 6.23. The second-order valence-corrected chi connectivity index (χ2v) is 11.4. The van der Waals surface area contributed by atoms with E-state index in [0.29, 0.717) is 46.4 Å². The highest BCUT2D eigenvalue weighted by Gasteiger charge is 2.40. The largest absolute Gasteiger partial charge is 0.399 e. The van der Waals surface area contributed by atoms with Gasteiger partial charge in [-0.15, -0.1) is 0 Å². The predicted octanol–water partition coefficient (Wildman–Crippen LogP) is 6.74. The molecule has 0 saturated heterocycles. The maximum atomic E-state index is 13.9. The Morgan fingerprint density at radius 2 is 1.95 bits per heavy atom. The van der Waals surface area contributed by atoms with Crippen molar-refractivity contribution in [2.45, 2.75) is 51.4 Å². The van der Waals surface area contributed by atoms with Crippen LogP contribution in [0.15, 0.2) is 105 Å². The molecule has 0 aromatic heterocycles. The van der Waals surface area contributed by atoms with E-state index in [0.717, 1.165) is 30.0 Å². The van der Waals surface area contributed by atoms with E-state index in [9.17, 15) is 22.8 Å². The van der Waals surface area contributed by atoms with Gasteiger partial charge in [-0.05, 0) is 85.1 Å². The summed E-state index contributed by atoms with van der Waals surface area (Å²) in [5.41, 5.74) is 19.2. The Morgan fingerprint density at radius 3 is 2.65 bits per heavy atom. The molecule has 0 radical (unpaired) electrons. The number of nitrogens with zero attached hydrogens (tertiary/aromatic N) is 3. The van der Waals surface area contributed by atoms with Gasteiger partial charge in [-0.2, -0.15) is 18.4 Å². The molecule has 1 aromatic rings. The summed E-state index contributed by atoms with van der Waals surface area (Å²) in [6.07, 6.45) is 6.78. The van der Waals surface area contributed by atoms with Crippen LogP contribution < -0.4 is 16.8 Å². The van der Waals surface area contributed by atoms with Crippen LogP contribution >= 0.6 is 0 Å². The third kappa shape index (κ3) is 6.26. The summed E-state index contributed by atoms with van der Waals surface area (Å²) < 4.78 is 53.4. The summed E-state index contributed by atoms with van der Waals surface area (Å²) >= 11 is 0. The number of halogens is 4. The molecular weight excluding hydrogens is 556 g/mol. The van der Waals surface area contributed by atoms with Crippen molar-refractivity contribution < 1.29 is 17.6 Å². The smallest absolute Gasteiger partial charge is 0.395 e. The fourth-order valence-electron chi connectivity index (χ4n) is 6.07. The maximum absolute atomic E-state index is 13.9. The Morgan fingerprint density at radius 1 is 1.19 bits per heavy atom. The number of nitrogens with one attached hydrogen (secondary N) is 1. The number of nitrogens with two attached hydrogens (primary N) is 2. The minimum Gasteiger partial charge on any atom is -0.399 e. The Kier molecular flexibility index (Phi) is 8.02. The summed E-state index contributed by atoms with van der Waals surface area (Å²) in [5.74, 6) is -2.02. The van der Waals surface area contributed by atoms with Crippen molar-refractivity contribution in [3.63, 3.8) is 0 Å². The number of nitriles is 1. The second kappa shape index (κ2) is 11.6. The monoisotopic (exact) mass is 588 g/mol. The van der Waals surface area contributed by atoms with Crippen LogP contribution in [0.25, 0.3) is 5.70 Å². The molecule has 6 nitrogen and oxygen atoms in total. The first kappa shape index (κ1) is 29.8. The van der Waals surface area contributed by atoms with Crippen LogP contribution in [0.5, 0.6) is 0 Å². The number of allylic oxidation sites excluding steroid dienone is 11. The number of hydrogen-bond acceptors (Lipinski definition) is 6. The first-order chi connectivity index (χ1) is 20.3. The van der Waals surface area contributed by atoms with Crippen molar-refractivity contribution in [3.8, 4) is 6.19 Å². The lowest BCUT2D eigenvalue weighted by molar-refractivity contribution is -0.161. The van der Waals surface area contributed by atoms with Gasteiger partial charge >= 0.3 is 6.18 Å². The molecule has 3 aliphatic carbocycles. The lowest BCUT2D eigenvalue weighted by atomic mass is 9.79. The zero-order chi connectivity index (χ0) is 31.1. The normalized spacial score (nSPS) is 26.4. The molecule has 0 saturated carbocycles. The maximum Gasteiger partial charge on any atom is 0.395 e. The molecule has 0 fully saturated rings. The molecule has 1 aliphatic heterocycles. The van der Waals surface area contributed by atoms with E-state index in [4.69, 9.17) is 16.5 Å². The van der Waals surface area contributed by atoms with E-state index < -0.39 is 30.5 Å². The average Bonchev–Trinajstić information content (AvgIpc) is 3.42. The molecule has 5 N–H and O–H groups in total. The van der Waals surface area contributed by atoms with E-state index in [1.54, 1.807) is 12.2 Å². The molecule has 0 spiro atoms. The van der Waals surface area contributed by atoms with Gasteiger partial charge in [-0.25, -0.2) is 9.38 Å². The van der Waals surface area contributed by atoms with Crippen molar-refractivity contribution in [2.75, 3.05) is 0 Å². The SMILES string of the molecule is C=C(/C=C\C1=NC(N=C2C(N)=C(NC#N)c3cc(C4CC(C)=CC(C)C4)ccc32)C(N)=C1)C1=CC(F)=CC(C(F)(F)F)C1. The summed E-state index contributed by atoms with van der Waals surface area (Å²) in [5, 5.41) is 12.1. The van der Waals surface area contributed by atoms with Gasteiger partial charge in [-0.1, -0.05) is 43.4 Å². The molecule has 1 aromatic carbocycles. The predicted molar refractivity (Wildman–Crippen MR) is 161 cm³/mol. The average molecular weight is 589 g/mol. The van der Waals surface area contributed by atoms with Crippen LogP contribution in [0.3, 0.4) is 0 Å². The van der Waals surface area contributed by atoms with Gasteiger partial charge in [0.2, 0.25) is 0 Å². The molecule has 4 unspecified atom stereocenters. The Labute approximate surface area is 248 Å². The zero-order valence-electron chi connectivity index (χ0n) is 23.8. The van der Waals surface area contributed by atoms with Crippen LogP contribution in [-0.4, -0.2) is 23.8 Å². The summed E-state index contributed by atoms with van der Waals surface area (Å²) in [6.45, 7) is 8.17. The molecule has 0 amide bonds. The Balaban J connectivity index is 1.39. The minimum atomic E-state index is -4.55. The second-order valence-electron chi connectivity index (χ2n) is 11.4. The van der Waals surface area contributed by atoms with Crippen molar-refractivity contribution in [1.82, 2.24) is 5.32 Å². The summed E-state index contributed by atoms with van der Waals surface area (Å²) in [6, 6.07) is 6.10. The van der Waals surface area contributed by atoms with Crippen LogP contribution in [0, 0.1) is 23.3 Å². The van der Waals surface area contributed by atoms with E-state index >= 15 is 0 Å². The number of benzene rings is 1. The molecule has 5 rings (SSSR count). The summed E-state index contributed by atoms with van der Waals surface area (Å²) in [7, 11) is 0. The minimum absolute atomic E-state index is 0.150. The van der Waals surface area contributed by atoms with Gasteiger partial charge in [0.1, 0.15) is 5.83 Å². The third-order valence-electron chi connectivity index (χ3n) is 8.07. The van der Waals surface area contributed by atoms with E-state index in [1.807, 2.05) is 12.3 Å². The number of fused-ring (bicyclic) bond motifs is 1. The third-order valence-corrected chi connectivity index (χ3v) is 8.07. The molecule has 10 heteroatoms. The highest BCUT2D eigenvalue weighted by atomic mass is 19.4. The van der Waals surface area contributed by atoms with E-state index in [-0.39, 0.29) is 11.1 Å².